The molecule has 0 bridgehead atoms. The number of fused-ring (bicyclic) bond motifs is 3. The van der Waals surface area contributed by atoms with Crippen molar-refractivity contribution in [3.63, 3.8) is 0 Å². The van der Waals surface area contributed by atoms with Crippen molar-refractivity contribution in [1.82, 2.24) is 10.2 Å². The van der Waals surface area contributed by atoms with Crippen molar-refractivity contribution in [1.29, 1.82) is 0 Å². The molecule has 35 heavy (non-hydrogen) atoms. The molecule has 0 radical (unpaired) electrons. The number of aliphatic carboxylic acids is 1. The van der Waals surface area contributed by atoms with E-state index in [0.29, 0.717) is 0 Å². The molecule has 2 aliphatic rings. The summed E-state index contributed by atoms with van der Waals surface area (Å²) in [5, 5.41) is 12.3. The van der Waals surface area contributed by atoms with Gasteiger partial charge in [-0.25, -0.2) is 9.59 Å². The van der Waals surface area contributed by atoms with Gasteiger partial charge in [0.1, 0.15) is 6.61 Å². The fourth-order valence-electron chi connectivity index (χ4n) is 5.07. The van der Waals surface area contributed by atoms with Crippen LogP contribution in [0.25, 0.3) is 11.1 Å². The van der Waals surface area contributed by atoms with E-state index in [1.54, 1.807) is 6.92 Å². The highest BCUT2D eigenvalue weighted by Gasteiger charge is 2.41. The van der Waals surface area contributed by atoms with Crippen molar-refractivity contribution in [3.05, 3.63) is 59.7 Å². The van der Waals surface area contributed by atoms with Gasteiger partial charge in [0.15, 0.2) is 6.04 Å². The van der Waals surface area contributed by atoms with E-state index in [1.807, 2.05) is 38.1 Å². The first-order valence-electron chi connectivity index (χ1n) is 12.0. The summed E-state index contributed by atoms with van der Waals surface area (Å²) in [7, 11) is 0. The monoisotopic (exact) mass is 480 g/mol. The maximum atomic E-state index is 13.3. The molecule has 2 aromatic rings. The number of carbonyl (C=O) groups is 3. The predicted octanol–water partition coefficient (Wildman–Crippen LogP) is 3.50. The minimum Gasteiger partial charge on any atom is -0.480 e. The third kappa shape index (κ3) is 5.03. The zero-order chi connectivity index (χ0) is 25.1. The molecule has 1 heterocycles. The predicted molar refractivity (Wildman–Crippen MR) is 130 cm³/mol. The summed E-state index contributed by atoms with van der Waals surface area (Å²) < 4.78 is 11.0. The molecule has 1 aliphatic carbocycles. The first kappa shape index (κ1) is 24.7. The molecule has 1 fully saturated rings. The summed E-state index contributed by atoms with van der Waals surface area (Å²) in [6.07, 6.45) is -1.21. The Balaban J connectivity index is 1.38. The van der Waals surface area contributed by atoms with Crippen molar-refractivity contribution >= 4 is 18.0 Å². The van der Waals surface area contributed by atoms with Gasteiger partial charge in [-0.1, -0.05) is 62.4 Å². The van der Waals surface area contributed by atoms with Crippen LogP contribution in [0, 0.1) is 11.8 Å². The lowest BCUT2D eigenvalue weighted by atomic mass is 9.92. The number of rotatable bonds is 7. The first-order valence-corrected chi connectivity index (χ1v) is 12.0. The summed E-state index contributed by atoms with van der Waals surface area (Å²) in [6.45, 7) is 6.13. The number of benzene rings is 2. The Kier molecular flexibility index (Phi) is 7.40. The Hall–Kier alpha value is -3.39. The molecular weight excluding hydrogens is 448 g/mol. The third-order valence-electron chi connectivity index (χ3n) is 6.96. The Bertz CT molecular complexity index is 1060. The molecule has 2 N–H and O–H groups in total. The molecule has 8 heteroatoms. The highest BCUT2D eigenvalue weighted by Crippen LogP contribution is 2.44. The minimum absolute atomic E-state index is 0.0539. The lowest BCUT2D eigenvalue weighted by Gasteiger charge is -2.39. The highest BCUT2D eigenvalue weighted by atomic mass is 16.5. The second kappa shape index (κ2) is 10.5. The zero-order valence-electron chi connectivity index (χ0n) is 20.3. The van der Waals surface area contributed by atoms with Crippen molar-refractivity contribution in [2.24, 2.45) is 11.8 Å². The normalized spacial score (nSPS) is 20.2. The standard InChI is InChI=1S/C27H32N2O6/c1-16(2)22(25(30)29-12-13-34-17(3)24(29)26(31)32)14-28-27(33)35-15-23-20-10-6-4-8-18(20)19-9-5-7-11-21(19)23/h4-11,16-17,22-24H,12-15H2,1-3H3,(H,28,33)(H,31,32). The van der Waals surface area contributed by atoms with E-state index < -0.39 is 30.1 Å². The molecule has 2 amide bonds. The number of hydrogen-bond acceptors (Lipinski definition) is 5. The molecule has 4 rings (SSSR count). The number of hydrogen-bond donors (Lipinski definition) is 2. The summed E-state index contributed by atoms with van der Waals surface area (Å²) >= 11 is 0. The van der Waals surface area contributed by atoms with E-state index in [-0.39, 0.29) is 44.0 Å². The van der Waals surface area contributed by atoms with Crippen LogP contribution in [0.15, 0.2) is 48.5 Å². The number of nitrogens with zero attached hydrogens (tertiary/aromatic N) is 1. The average Bonchev–Trinajstić information content (AvgIpc) is 3.16. The number of alkyl carbamates (subject to hydrolysis) is 1. The fraction of sp³-hybridized carbons (Fsp3) is 0.444. The SMILES string of the molecule is CC(C)C(CNC(=O)OCC1c2ccccc2-c2ccccc21)C(=O)N1CCOC(C)C1C(=O)O. The quantitative estimate of drug-likeness (QED) is 0.629. The van der Waals surface area contributed by atoms with Gasteiger partial charge in [-0.15, -0.1) is 0 Å². The second-order valence-electron chi connectivity index (χ2n) is 9.45. The van der Waals surface area contributed by atoms with Gasteiger partial charge in [-0.05, 0) is 35.1 Å². The molecule has 0 saturated carbocycles. The summed E-state index contributed by atoms with van der Waals surface area (Å²) in [5.74, 6) is -2.15. The fourth-order valence-corrected chi connectivity index (χ4v) is 5.07. The molecule has 3 atom stereocenters. The molecule has 8 nitrogen and oxygen atoms in total. The summed E-state index contributed by atoms with van der Waals surface area (Å²) in [5.41, 5.74) is 4.54. The number of carbonyl (C=O) groups excluding carboxylic acids is 2. The van der Waals surface area contributed by atoms with Gasteiger partial charge in [0.25, 0.3) is 0 Å². The van der Waals surface area contributed by atoms with Crippen molar-refractivity contribution in [3.8, 4) is 11.1 Å². The molecule has 1 saturated heterocycles. The number of morpholine rings is 1. The Morgan fingerprint density at radius 3 is 2.26 bits per heavy atom. The van der Waals surface area contributed by atoms with E-state index in [1.165, 1.54) is 4.90 Å². The number of carboxylic acid groups (broad SMARTS) is 1. The van der Waals surface area contributed by atoms with Gasteiger partial charge >= 0.3 is 12.1 Å². The molecular formula is C27H32N2O6. The van der Waals surface area contributed by atoms with E-state index >= 15 is 0 Å². The highest BCUT2D eigenvalue weighted by molar-refractivity contribution is 5.86. The Morgan fingerprint density at radius 1 is 1.09 bits per heavy atom. The van der Waals surface area contributed by atoms with Crippen molar-refractivity contribution in [2.45, 2.75) is 38.8 Å². The number of amides is 2. The van der Waals surface area contributed by atoms with Gasteiger partial charge in [-0.3, -0.25) is 4.79 Å². The zero-order valence-corrected chi connectivity index (χ0v) is 20.3. The molecule has 0 aromatic heterocycles. The maximum absolute atomic E-state index is 13.3. The molecule has 3 unspecified atom stereocenters. The van der Waals surface area contributed by atoms with Gasteiger partial charge < -0.3 is 24.8 Å². The molecule has 1 aliphatic heterocycles. The smallest absolute Gasteiger partial charge is 0.407 e. The van der Waals surface area contributed by atoms with Crippen LogP contribution >= 0.6 is 0 Å². The van der Waals surface area contributed by atoms with E-state index in [2.05, 4.69) is 29.6 Å². The first-order chi connectivity index (χ1) is 16.8. The van der Waals surface area contributed by atoms with E-state index in [9.17, 15) is 19.5 Å². The average molecular weight is 481 g/mol. The molecule has 2 aromatic carbocycles. The number of nitrogens with one attached hydrogen (secondary N) is 1. The Morgan fingerprint density at radius 2 is 1.69 bits per heavy atom. The number of ether oxygens (including phenoxy) is 2. The van der Waals surface area contributed by atoms with E-state index in [0.717, 1.165) is 22.3 Å². The van der Waals surface area contributed by atoms with Gasteiger partial charge in [0.05, 0.1) is 18.6 Å². The second-order valence-corrected chi connectivity index (χ2v) is 9.45. The van der Waals surface area contributed by atoms with Gasteiger partial charge in [0, 0.05) is 19.0 Å². The van der Waals surface area contributed by atoms with Crippen molar-refractivity contribution in [2.75, 3.05) is 26.3 Å². The third-order valence-corrected chi connectivity index (χ3v) is 6.96. The number of carboxylic acids is 1. The minimum atomic E-state index is -1.10. The van der Waals surface area contributed by atoms with Crippen LogP contribution in [-0.2, 0) is 19.1 Å². The molecule has 0 spiro atoms. The molecule has 186 valence electrons. The van der Waals surface area contributed by atoms with Crippen LogP contribution in [0.1, 0.15) is 37.8 Å². The van der Waals surface area contributed by atoms with Crippen LogP contribution in [0.2, 0.25) is 0 Å². The lowest BCUT2D eigenvalue weighted by molar-refractivity contribution is -0.167. The summed E-state index contributed by atoms with van der Waals surface area (Å²) in [6, 6.07) is 15.2. The largest absolute Gasteiger partial charge is 0.480 e. The lowest BCUT2D eigenvalue weighted by Crippen LogP contribution is -2.59. The van der Waals surface area contributed by atoms with Crippen molar-refractivity contribution < 1.29 is 29.0 Å². The van der Waals surface area contributed by atoms with Crippen LogP contribution in [0.5, 0.6) is 0 Å². The van der Waals surface area contributed by atoms with Gasteiger partial charge in [-0.2, -0.15) is 0 Å². The summed E-state index contributed by atoms with van der Waals surface area (Å²) in [4.78, 5) is 39.0. The maximum Gasteiger partial charge on any atom is 0.407 e. The van der Waals surface area contributed by atoms with Crippen LogP contribution in [0.3, 0.4) is 0 Å². The van der Waals surface area contributed by atoms with Crippen LogP contribution < -0.4 is 5.32 Å². The topological polar surface area (TPSA) is 105 Å². The van der Waals surface area contributed by atoms with E-state index in [4.69, 9.17) is 9.47 Å². The Labute approximate surface area is 205 Å². The van der Waals surface area contributed by atoms with Crippen LogP contribution in [0.4, 0.5) is 4.79 Å². The van der Waals surface area contributed by atoms with Crippen LogP contribution in [-0.4, -0.2) is 66.4 Å². The van der Waals surface area contributed by atoms with Gasteiger partial charge in [0.2, 0.25) is 5.91 Å².